The number of piperazine rings is 1. The summed E-state index contributed by atoms with van der Waals surface area (Å²) in [5.74, 6) is 2.47. The molecule has 168 valence electrons. The van der Waals surface area contributed by atoms with E-state index >= 15 is 0 Å². The van der Waals surface area contributed by atoms with Gasteiger partial charge in [0.25, 0.3) is 0 Å². The van der Waals surface area contributed by atoms with Gasteiger partial charge in [0.1, 0.15) is 5.82 Å². The van der Waals surface area contributed by atoms with Gasteiger partial charge in [0.2, 0.25) is 11.8 Å². The summed E-state index contributed by atoms with van der Waals surface area (Å²) >= 11 is 0. The fourth-order valence-corrected chi connectivity index (χ4v) is 7.08. The summed E-state index contributed by atoms with van der Waals surface area (Å²) in [6, 6.07) is 6.80. The second kappa shape index (κ2) is 8.44. The van der Waals surface area contributed by atoms with Crippen LogP contribution in [0.3, 0.4) is 0 Å². The number of nitrogens with zero attached hydrogens (tertiary/aromatic N) is 2. The molecule has 6 rings (SSSR count). The number of rotatable bonds is 6. The second-order valence-corrected chi connectivity index (χ2v) is 10.4. The van der Waals surface area contributed by atoms with Crippen LogP contribution in [-0.2, 0) is 9.59 Å². The average Bonchev–Trinajstić information content (AvgIpc) is 2.76. The molecule has 1 aromatic rings. The molecule has 1 aliphatic heterocycles. The molecule has 1 heterocycles. The van der Waals surface area contributed by atoms with Gasteiger partial charge < -0.3 is 15.1 Å². The number of para-hydroxylation sites is 1. The molecule has 4 bridgehead atoms. The van der Waals surface area contributed by atoms with Crippen LogP contribution >= 0.6 is 0 Å². The quantitative estimate of drug-likeness (QED) is 0.706. The first-order valence-electron chi connectivity index (χ1n) is 12.1. The first-order valence-corrected chi connectivity index (χ1v) is 12.1. The van der Waals surface area contributed by atoms with Crippen LogP contribution in [0.15, 0.2) is 24.3 Å². The van der Waals surface area contributed by atoms with Crippen molar-refractivity contribution in [1.82, 2.24) is 10.2 Å². The van der Waals surface area contributed by atoms with Gasteiger partial charge in [-0.05, 0) is 74.8 Å². The van der Waals surface area contributed by atoms with Crippen LogP contribution < -0.4 is 10.2 Å². The number of anilines is 1. The van der Waals surface area contributed by atoms with Gasteiger partial charge in [0, 0.05) is 44.6 Å². The Kier molecular flexibility index (Phi) is 5.65. The van der Waals surface area contributed by atoms with Gasteiger partial charge in [-0.3, -0.25) is 9.59 Å². The Bertz CT molecular complexity index is 799. The summed E-state index contributed by atoms with van der Waals surface area (Å²) in [7, 11) is 0. The van der Waals surface area contributed by atoms with Gasteiger partial charge in [-0.15, -0.1) is 0 Å². The Morgan fingerprint density at radius 3 is 2.19 bits per heavy atom. The van der Waals surface area contributed by atoms with Crippen molar-refractivity contribution < 1.29 is 14.0 Å². The van der Waals surface area contributed by atoms with Crippen molar-refractivity contribution in [2.45, 2.75) is 51.4 Å². The van der Waals surface area contributed by atoms with E-state index < -0.39 is 0 Å². The minimum atomic E-state index is -0.211. The molecule has 4 aliphatic carbocycles. The van der Waals surface area contributed by atoms with Crippen molar-refractivity contribution >= 4 is 17.5 Å². The molecule has 5 fully saturated rings. The van der Waals surface area contributed by atoms with Gasteiger partial charge in [0.05, 0.1) is 5.69 Å². The topological polar surface area (TPSA) is 52.7 Å². The van der Waals surface area contributed by atoms with Crippen molar-refractivity contribution in [2.75, 3.05) is 37.6 Å². The third-order valence-corrected chi connectivity index (χ3v) is 8.20. The molecule has 1 saturated heterocycles. The molecule has 5 nitrogen and oxygen atoms in total. The molecule has 4 saturated carbocycles. The fraction of sp³-hybridized carbons (Fsp3) is 0.680. The Morgan fingerprint density at radius 2 is 1.58 bits per heavy atom. The second-order valence-electron chi connectivity index (χ2n) is 10.4. The number of nitrogens with one attached hydrogen (secondary N) is 1. The molecule has 31 heavy (non-hydrogen) atoms. The number of carbonyl (C=O) groups excluding carboxylic acids is 2. The molecule has 1 N–H and O–H groups in total. The van der Waals surface area contributed by atoms with Crippen LogP contribution in [-0.4, -0.2) is 49.4 Å². The van der Waals surface area contributed by atoms with E-state index in [0.29, 0.717) is 51.3 Å². The first-order chi connectivity index (χ1) is 15.0. The fourth-order valence-electron chi connectivity index (χ4n) is 7.08. The van der Waals surface area contributed by atoms with Crippen molar-refractivity contribution in [3.8, 4) is 0 Å². The number of benzene rings is 1. The van der Waals surface area contributed by atoms with Crippen LogP contribution in [0, 0.1) is 29.0 Å². The average molecular weight is 428 g/mol. The molecule has 1 aromatic carbocycles. The lowest BCUT2D eigenvalue weighted by Gasteiger charge is -2.55. The maximum Gasteiger partial charge on any atom is 0.226 e. The molecular weight excluding hydrogens is 393 g/mol. The predicted octanol–water partition coefficient (Wildman–Crippen LogP) is 3.59. The van der Waals surface area contributed by atoms with Crippen LogP contribution in [0.5, 0.6) is 0 Å². The Hall–Kier alpha value is -2.11. The summed E-state index contributed by atoms with van der Waals surface area (Å²) in [6.45, 7) is 3.12. The molecule has 0 radical (unpaired) electrons. The standard InChI is InChI=1S/C25H34FN3O2/c26-21-4-1-2-5-22(21)28-8-10-29(11-9-28)23(30)6-3-7-27-24(31)25-15-18-12-19(16-25)14-20(13-18)17-25/h1-2,4-5,18-20H,3,6-17H2,(H,27,31). The lowest BCUT2D eigenvalue weighted by Crippen LogP contribution is -2.53. The Balaban J connectivity index is 1.04. The van der Waals surface area contributed by atoms with E-state index in [1.54, 1.807) is 12.1 Å². The maximum absolute atomic E-state index is 14.0. The van der Waals surface area contributed by atoms with E-state index in [0.717, 1.165) is 37.0 Å². The highest BCUT2D eigenvalue weighted by molar-refractivity contribution is 5.83. The molecule has 0 aromatic heterocycles. The van der Waals surface area contributed by atoms with E-state index in [1.807, 2.05) is 15.9 Å². The monoisotopic (exact) mass is 427 g/mol. The molecule has 5 aliphatic rings. The van der Waals surface area contributed by atoms with Crippen molar-refractivity contribution in [3.05, 3.63) is 30.1 Å². The summed E-state index contributed by atoms with van der Waals surface area (Å²) in [5.41, 5.74) is 0.504. The number of hydrogen-bond donors (Lipinski definition) is 1. The predicted molar refractivity (Wildman–Crippen MR) is 118 cm³/mol. The Morgan fingerprint density at radius 1 is 0.968 bits per heavy atom. The zero-order valence-corrected chi connectivity index (χ0v) is 18.3. The zero-order valence-electron chi connectivity index (χ0n) is 18.3. The number of carbonyl (C=O) groups is 2. The summed E-state index contributed by atoms with van der Waals surface area (Å²) < 4.78 is 14.0. The third kappa shape index (κ3) is 4.18. The SMILES string of the molecule is O=C(CCCNC(=O)C12CC3CC(CC(C3)C1)C2)N1CCN(c2ccccc2F)CC1. The summed E-state index contributed by atoms with van der Waals surface area (Å²) in [5, 5.41) is 3.17. The third-order valence-electron chi connectivity index (χ3n) is 8.20. The zero-order chi connectivity index (χ0) is 21.4. The molecule has 6 heteroatoms. The van der Waals surface area contributed by atoms with E-state index in [4.69, 9.17) is 0 Å². The molecular formula is C25H34FN3O2. The van der Waals surface area contributed by atoms with E-state index in [9.17, 15) is 14.0 Å². The van der Waals surface area contributed by atoms with Gasteiger partial charge in [0.15, 0.2) is 0 Å². The van der Waals surface area contributed by atoms with Crippen LogP contribution in [0.25, 0.3) is 0 Å². The van der Waals surface area contributed by atoms with Crippen molar-refractivity contribution in [2.24, 2.45) is 23.2 Å². The lowest BCUT2D eigenvalue weighted by atomic mass is 9.49. The minimum absolute atomic E-state index is 0.109. The smallest absolute Gasteiger partial charge is 0.226 e. The molecule has 0 spiro atoms. The Labute approximate surface area is 184 Å². The largest absolute Gasteiger partial charge is 0.366 e. The van der Waals surface area contributed by atoms with Crippen molar-refractivity contribution in [3.63, 3.8) is 0 Å². The van der Waals surface area contributed by atoms with E-state index in [2.05, 4.69) is 5.32 Å². The van der Waals surface area contributed by atoms with E-state index in [1.165, 1.54) is 25.3 Å². The normalized spacial score (nSPS) is 31.7. The highest BCUT2D eigenvalue weighted by atomic mass is 19.1. The van der Waals surface area contributed by atoms with Gasteiger partial charge in [-0.1, -0.05) is 12.1 Å². The summed E-state index contributed by atoms with van der Waals surface area (Å²) in [6.07, 6.45) is 8.40. The maximum atomic E-state index is 14.0. The van der Waals surface area contributed by atoms with Crippen LogP contribution in [0.2, 0.25) is 0 Å². The van der Waals surface area contributed by atoms with Gasteiger partial charge in [-0.25, -0.2) is 4.39 Å². The number of halogens is 1. The van der Waals surface area contributed by atoms with Gasteiger partial charge >= 0.3 is 0 Å². The van der Waals surface area contributed by atoms with E-state index in [-0.39, 0.29) is 23.0 Å². The lowest BCUT2D eigenvalue weighted by molar-refractivity contribution is -0.146. The molecule has 0 atom stereocenters. The number of amides is 2. The highest BCUT2D eigenvalue weighted by Crippen LogP contribution is 2.60. The molecule has 2 amide bonds. The summed E-state index contributed by atoms with van der Waals surface area (Å²) in [4.78, 5) is 29.5. The molecule has 0 unspecified atom stereocenters. The van der Waals surface area contributed by atoms with Gasteiger partial charge in [-0.2, -0.15) is 0 Å². The number of hydrogen-bond acceptors (Lipinski definition) is 3. The van der Waals surface area contributed by atoms with Crippen LogP contribution in [0.1, 0.15) is 51.4 Å². The minimum Gasteiger partial charge on any atom is -0.366 e. The highest BCUT2D eigenvalue weighted by Gasteiger charge is 2.54. The van der Waals surface area contributed by atoms with Crippen LogP contribution in [0.4, 0.5) is 10.1 Å². The van der Waals surface area contributed by atoms with Crippen molar-refractivity contribution in [1.29, 1.82) is 0 Å². The first kappa shape index (κ1) is 20.8.